The van der Waals surface area contributed by atoms with Crippen LogP contribution >= 0.6 is 0 Å². The second kappa shape index (κ2) is 9.49. The van der Waals surface area contributed by atoms with E-state index in [0.29, 0.717) is 24.3 Å². The highest BCUT2D eigenvalue weighted by Crippen LogP contribution is 2.40. The number of carbonyl (C=O) groups is 1. The van der Waals surface area contributed by atoms with Crippen molar-refractivity contribution in [2.75, 3.05) is 14.2 Å². The van der Waals surface area contributed by atoms with Gasteiger partial charge >= 0.3 is 5.97 Å². The van der Waals surface area contributed by atoms with Gasteiger partial charge in [-0.25, -0.2) is 4.39 Å². The predicted molar refractivity (Wildman–Crippen MR) is 131 cm³/mol. The Morgan fingerprint density at radius 2 is 1.74 bits per heavy atom. The molecule has 0 spiro atoms. The molecule has 0 radical (unpaired) electrons. The highest BCUT2D eigenvalue weighted by Gasteiger charge is 2.29. The number of benzene rings is 3. The van der Waals surface area contributed by atoms with E-state index in [1.54, 1.807) is 19.2 Å². The van der Waals surface area contributed by atoms with Gasteiger partial charge in [0.25, 0.3) is 0 Å². The van der Waals surface area contributed by atoms with E-state index in [4.69, 9.17) is 14.2 Å². The number of halogens is 1. The maximum atomic E-state index is 14.7. The topological polar surface area (TPSA) is 44.8 Å². The summed E-state index contributed by atoms with van der Waals surface area (Å²) in [5.41, 5.74) is 5.66. The zero-order chi connectivity index (χ0) is 24.5. The van der Waals surface area contributed by atoms with E-state index in [1.165, 1.54) is 24.3 Å². The highest BCUT2D eigenvalue weighted by atomic mass is 19.1. The van der Waals surface area contributed by atoms with Crippen LogP contribution < -0.4 is 9.47 Å². The number of esters is 1. The van der Waals surface area contributed by atoms with Crippen LogP contribution in [0.3, 0.4) is 0 Å². The molecular formula is C29H31FO4. The average Bonchev–Trinajstić information content (AvgIpc) is 2.80. The lowest BCUT2D eigenvalue weighted by molar-refractivity contribution is -0.141. The molecule has 178 valence electrons. The Balaban J connectivity index is 1.53. The van der Waals surface area contributed by atoms with E-state index in [1.807, 2.05) is 30.3 Å². The van der Waals surface area contributed by atoms with Crippen LogP contribution in [0.5, 0.6) is 11.5 Å². The smallest absolute Gasteiger partial charge is 0.306 e. The van der Waals surface area contributed by atoms with Crippen molar-refractivity contribution in [2.24, 2.45) is 0 Å². The molecule has 1 aliphatic carbocycles. The molecule has 4 rings (SSSR count). The van der Waals surface area contributed by atoms with E-state index in [2.05, 4.69) is 26.8 Å². The lowest BCUT2D eigenvalue weighted by Gasteiger charge is -2.29. The molecule has 34 heavy (non-hydrogen) atoms. The third-order valence-electron chi connectivity index (χ3n) is 6.42. The van der Waals surface area contributed by atoms with Crippen LogP contribution in [0, 0.1) is 5.82 Å². The van der Waals surface area contributed by atoms with Crippen LogP contribution in [-0.2, 0) is 28.0 Å². The van der Waals surface area contributed by atoms with Crippen molar-refractivity contribution in [1.29, 1.82) is 0 Å². The van der Waals surface area contributed by atoms with E-state index in [9.17, 15) is 9.18 Å². The molecule has 0 heterocycles. The fourth-order valence-corrected chi connectivity index (χ4v) is 4.50. The van der Waals surface area contributed by atoms with Crippen molar-refractivity contribution in [2.45, 2.75) is 51.6 Å². The SMILES string of the molecule is COC(=O)CC1Cc2cc(OCc3ccc(-c4cc(OC)ccc4F)c(C(C)(C)C)c3)ccc21. The van der Waals surface area contributed by atoms with E-state index in [0.717, 1.165) is 28.9 Å². The summed E-state index contributed by atoms with van der Waals surface area (Å²) in [5, 5.41) is 0. The maximum Gasteiger partial charge on any atom is 0.306 e. The molecule has 1 atom stereocenters. The number of fused-ring (bicyclic) bond motifs is 1. The van der Waals surface area contributed by atoms with Crippen molar-refractivity contribution < 1.29 is 23.4 Å². The van der Waals surface area contributed by atoms with Crippen molar-refractivity contribution in [1.82, 2.24) is 0 Å². The monoisotopic (exact) mass is 462 g/mol. The molecular weight excluding hydrogens is 431 g/mol. The van der Waals surface area contributed by atoms with Crippen LogP contribution in [0.2, 0.25) is 0 Å². The third-order valence-corrected chi connectivity index (χ3v) is 6.42. The standard InChI is InChI=1S/C29H31FO4/c1-29(2,3)26-12-18(6-9-24(26)25-16-21(32-4)8-11-27(25)30)17-34-22-7-10-23-19(14-22)13-20(23)15-28(31)33-5/h6-12,14,16,20H,13,15,17H2,1-5H3. The van der Waals surface area contributed by atoms with E-state index >= 15 is 0 Å². The Labute approximate surface area is 200 Å². The van der Waals surface area contributed by atoms with Crippen molar-refractivity contribution in [3.8, 4) is 22.6 Å². The van der Waals surface area contributed by atoms with Crippen molar-refractivity contribution >= 4 is 5.97 Å². The quantitative estimate of drug-likeness (QED) is 0.372. The highest BCUT2D eigenvalue weighted by molar-refractivity contribution is 5.72. The summed E-state index contributed by atoms with van der Waals surface area (Å²) in [6.45, 7) is 6.77. The Kier molecular flexibility index (Phi) is 6.65. The Bertz CT molecular complexity index is 1210. The number of carbonyl (C=O) groups excluding carboxylic acids is 1. The zero-order valence-corrected chi connectivity index (χ0v) is 20.4. The van der Waals surface area contributed by atoms with E-state index < -0.39 is 0 Å². The molecule has 1 unspecified atom stereocenters. The van der Waals surface area contributed by atoms with Crippen LogP contribution in [0.15, 0.2) is 54.6 Å². The number of methoxy groups -OCH3 is 2. The molecule has 5 heteroatoms. The van der Waals surface area contributed by atoms with Crippen LogP contribution in [0.25, 0.3) is 11.1 Å². The number of rotatable bonds is 7. The van der Waals surface area contributed by atoms with Crippen molar-refractivity contribution in [3.63, 3.8) is 0 Å². The fourth-order valence-electron chi connectivity index (χ4n) is 4.50. The molecule has 0 saturated carbocycles. The van der Waals surface area contributed by atoms with Gasteiger partial charge in [-0.15, -0.1) is 0 Å². The van der Waals surface area contributed by atoms with Gasteiger partial charge in [0.2, 0.25) is 0 Å². The van der Waals surface area contributed by atoms with Gasteiger partial charge in [-0.05, 0) is 75.9 Å². The molecule has 0 N–H and O–H groups in total. The molecule has 0 aromatic heterocycles. The van der Waals surface area contributed by atoms with Gasteiger partial charge in [-0.1, -0.05) is 45.0 Å². The molecule has 4 nitrogen and oxygen atoms in total. The van der Waals surface area contributed by atoms with Crippen LogP contribution in [0.1, 0.15) is 55.4 Å². The summed E-state index contributed by atoms with van der Waals surface area (Å²) in [7, 11) is 3.00. The molecule has 3 aromatic rings. The lowest BCUT2D eigenvalue weighted by Crippen LogP contribution is -2.20. The molecule has 0 aliphatic heterocycles. The largest absolute Gasteiger partial charge is 0.497 e. The minimum absolute atomic E-state index is 0.178. The summed E-state index contributed by atoms with van der Waals surface area (Å²) >= 11 is 0. The molecule has 3 aromatic carbocycles. The summed E-state index contributed by atoms with van der Waals surface area (Å²) in [5.74, 6) is 1.20. The average molecular weight is 463 g/mol. The molecule has 0 amide bonds. The number of hydrogen-bond acceptors (Lipinski definition) is 4. The number of ether oxygens (including phenoxy) is 3. The number of hydrogen-bond donors (Lipinski definition) is 0. The normalized spacial score (nSPS) is 14.7. The summed E-state index contributed by atoms with van der Waals surface area (Å²) < 4.78 is 30.9. The molecule has 0 fully saturated rings. The van der Waals surface area contributed by atoms with Gasteiger partial charge in [0.15, 0.2) is 0 Å². The molecule has 1 aliphatic rings. The van der Waals surface area contributed by atoms with E-state index in [-0.39, 0.29) is 23.1 Å². The van der Waals surface area contributed by atoms with Gasteiger partial charge in [0.1, 0.15) is 23.9 Å². The Morgan fingerprint density at radius 1 is 0.971 bits per heavy atom. The summed E-state index contributed by atoms with van der Waals surface area (Å²) in [4.78, 5) is 11.5. The Morgan fingerprint density at radius 3 is 2.41 bits per heavy atom. The predicted octanol–water partition coefficient (Wildman–Crippen LogP) is 6.58. The Hall–Kier alpha value is -3.34. The van der Waals surface area contributed by atoms with Crippen molar-refractivity contribution in [3.05, 3.63) is 82.7 Å². The summed E-state index contributed by atoms with van der Waals surface area (Å²) in [6.07, 6.45) is 1.27. The second-order valence-corrected chi connectivity index (χ2v) is 9.81. The van der Waals surface area contributed by atoms with Gasteiger partial charge < -0.3 is 14.2 Å². The molecule has 0 bridgehead atoms. The first-order valence-corrected chi connectivity index (χ1v) is 11.5. The van der Waals surface area contributed by atoms with Crippen LogP contribution in [0.4, 0.5) is 4.39 Å². The maximum absolute atomic E-state index is 14.7. The third kappa shape index (κ3) is 4.93. The van der Waals surface area contributed by atoms with Crippen LogP contribution in [-0.4, -0.2) is 20.2 Å². The first-order valence-electron chi connectivity index (χ1n) is 11.5. The zero-order valence-electron chi connectivity index (χ0n) is 20.4. The molecule has 0 saturated heterocycles. The van der Waals surface area contributed by atoms with Gasteiger partial charge in [-0.3, -0.25) is 4.79 Å². The summed E-state index contributed by atoms with van der Waals surface area (Å²) in [6, 6.07) is 16.9. The van der Waals surface area contributed by atoms with Gasteiger partial charge in [0.05, 0.1) is 20.6 Å². The van der Waals surface area contributed by atoms with Gasteiger partial charge in [0, 0.05) is 5.56 Å². The fraction of sp³-hybridized carbons (Fsp3) is 0.345. The van der Waals surface area contributed by atoms with Gasteiger partial charge in [-0.2, -0.15) is 0 Å². The minimum atomic E-state index is -0.275. The lowest BCUT2D eigenvalue weighted by atomic mass is 9.76. The first-order chi connectivity index (χ1) is 16.2. The minimum Gasteiger partial charge on any atom is -0.497 e. The second-order valence-electron chi connectivity index (χ2n) is 9.81. The first kappa shape index (κ1) is 23.8.